The highest BCUT2D eigenvalue weighted by atomic mass is 16.1. The molecule has 20 heavy (non-hydrogen) atoms. The molecule has 1 amide bonds. The van der Waals surface area contributed by atoms with Crippen molar-refractivity contribution in [2.24, 2.45) is 0 Å². The molecule has 0 radical (unpaired) electrons. The highest BCUT2D eigenvalue weighted by molar-refractivity contribution is 5.88. The Hall–Kier alpha value is -1.35. The molecule has 1 aromatic rings. The van der Waals surface area contributed by atoms with Crippen molar-refractivity contribution in [3.63, 3.8) is 0 Å². The maximum atomic E-state index is 10.7. The smallest absolute Gasteiger partial charge is 0.221 e. The molecule has 0 saturated heterocycles. The molecule has 114 valence electrons. The monoisotopic (exact) mass is 278 g/mol. The Morgan fingerprint density at radius 3 is 2.40 bits per heavy atom. The zero-order chi connectivity index (χ0) is 15.2. The SMILES string of the molecule is CCCCNCCC.CCc1cccc(NC(C)=O)c1. The van der Waals surface area contributed by atoms with E-state index in [2.05, 4.69) is 31.4 Å². The molecule has 0 unspecified atom stereocenters. The summed E-state index contributed by atoms with van der Waals surface area (Å²) in [7, 11) is 0. The van der Waals surface area contributed by atoms with Crippen LogP contribution in [-0.4, -0.2) is 19.0 Å². The first-order valence-corrected chi connectivity index (χ1v) is 7.71. The number of hydrogen-bond acceptors (Lipinski definition) is 2. The van der Waals surface area contributed by atoms with Gasteiger partial charge in [-0.15, -0.1) is 0 Å². The summed E-state index contributed by atoms with van der Waals surface area (Å²) in [5, 5.41) is 6.08. The molecule has 0 spiro atoms. The van der Waals surface area contributed by atoms with E-state index in [1.165, 1.54) is 44.8 Å². The van der Waals surface area contributed by atoms with Crippen molar-refractivity contribution in [3.8, 4) is 0 Å². The van der Waals surface area contributed by atoms with Gasteiger partial charge in [0.2, 0.25) is 5.91 Å². The van der Waals surface area contributed by atoms with Crippen LogP contribution in [0.4, 0.5) is 5.69 Å². The summed E-state index contributed by atoms with van der Waals surface area (Å²) in [6, 6.07) is 7.87. The van der Waals surface area contributed by atoms with Crippen LogP contribution in [0.5, 0.6) is 0 Å². The molecular weight excluding hydrogens is 248 g/mol. The lowest BCUT2D eigenvalue weighted by molar-refractivity contribution is -0.114. The van der Waals surface area contributed by atoms with Gasteiger partial charge >= 0.3 is 0 Å². The van der Waals surface area contributed by atoms with Gasteiger partial charge < -0.3 is 10.6 Å². The molecule has 0 aliphatic heterocycles. The second kappa shape index (κ2) is 12.7. The fraction of sp³-hybridized carbons (Fsp3) is 0.588. The van der Waals surface area contributed by atoms with Crippen LogP contribution in [0.3, 0.4) is 0 Å². The average Bonchev–Trinajstić information content (AvgIpc) is 2.44. The molecule has 0 saturated carbocycles. The Bertz CT molecular complexity index is 358. The van der Waals surface area contributed by atoms with Crippen LogP contribution in [0.15, 0.2) is 24.3 Å². The summed E-state index contributed by atoms with van der Waals surface area (Å²) in [5.41, 5.74) is 2.11. The molecule has 0 aromatic heterocycles. The molecule has 0 heterocycles. The summed E-state index contributed by atoms with van der Waals surface area (Å²) >= 11 is 0. The lowest BCUT2D eigenvalue weighted by Gasteiger charge is -2.02. The molecule has 0 aliphatic carbocycles. The lowest BCUT2D eigenvalue weighted by Crippen LogP contribution is -2.15. The van der Waals surface area contributed by atoms with E-state index in [0.717, 1.165) is 12.1 Å². The molecular formula is C17H30N2O. The van der Waals surface area contributed by atoms with Crippen LogP contribution in [0.2, 0.25) is 0 Å². The number of benzene rings is 1. The summed E-state index contributed by atoms with van der Waals surface area (Å²) in [5.74, 6) is -0.0248. The molecule has 0 aliphatic rings. The zero-order valence-electron chi connectivity index (χ0n) is 13.5. The summed E-state index contributed by atoms with van der Waals surface area (Å²) in [6.07, 6.45) is 4.87. The zero-order valence-corrected chi connectivity index (χ0v) is 13.5. The largest absolute Gasteiger partial charge is 0.326 e. The van der Waals surface area contributed by atoms with E-state index in [0.29, 0.717) is 0 Å². The van der Waals surface area contributed by atoms with E-state index < -0.39 is 0 Å². The number of hydrogen-bond donors (Lipinski definition) is 2. The lowest BCUT2D eigenvalue weighted by atomic mass is 10.1. The van der Waals surface area contributed by atoms with Crippen LogP contribution in [0.25, 0.3) is 0 Å². The van der Waals surface area contributed by atoms with Gasteiger partial charge in [0.1, 0.15) is 0 Å². The van der Waals surface area contributed by atoms with Gasteiger partial charge in [0.15, 0.2) is 0 Å². The van der Waals surface area contributed by atoms with Crippen LogP contribution in [0.1, 0.15) is 52.5 Å². The first-order valence-electron chi connectivity index (χ1n) is 7.71. The number of amides is 1. The maximum Gasteiger partial charge on any atom is 0.221 e. The molecule has 1 aromatic carbocycles. The van der Waals surface area contributed by atoms with Gasteiger partial charge in [-0.3, -0.25) is 4.79 Å². The van der Waals surface area contributed by atoms with Crippen molar-refractivity contribution in [2.75, 3.05) is 18.4 Å². The Balaban J connectivity index is 0.000000396. The highest BCUT2D eigenvalue weighted by Crippen LogP contribution is 2.10. The number of carbonyl (C=O) groups excluding carboxylic acids is 1. The summed E-state index contributed by atoms with van der Waals surface area (Å²) in [6.45, 7) is 10.4. The van der Waals surface area contributed by atoms with Crippen molar-refractivity contribution < 1.29 is 4.79 Å². The molecule has 0 fully saturated rings. The number of rotatable bonds is 7. The van der Waals surface area contributed by atoms with Gasteiger partial charge in [-0.2, -0.15) is 0 Å². The molecule has 3 heteroatoms. The Morgan fingerprint density at radius 2 is 1.85 bits per heavy atom. The van der Waals surface area contributed by atoms with Gasteiger partial charge in [-0.1, -0.05) is 39.3 Å². The van der Waals surface area contributed by atoms with E-state index >= 15 is 0 Å². The number of carbonyl (C=O) groups is 1. The number of anilines is 1. The minimum atomic E-state index is -0.0248. The van der Waals surface area contributed by atoms with Crippen molar-refractivity contribution in [1.29, 1.82) is 0 Å². The Morgan fingerprint density at radius 1 is 1.10 bits per heavy atom. The van der Waals surface area contributed by atoms with Crippen LogP contribution >= 0.6 is 0 Å². The van der Waals surface area contributed by atoms with Crippen molar-refractivity contribution in [3.05, 3.63) is 29.8 Å². The first kappa shape index (κ1) is 18.7. The van der Waals surface area contributed by atoms with Crippen molar-refractivity contribution in [2.45, 2.75) is 53.4 Å². The molecule has 3 nitrogen and oxygen atoms in total. The molecule has 0 bridgehead atoms. The van der Waals surface area contributed by atoms with E-state index in [1.807, 2.05) is 24.3 Å². The van der Waals surface area contributed by atoms with Crippen LogP contribution < -0.4 is 10.6 Å². The van der Waals surface area contributed by atoms with Gasteiger partial charge in [-0.05, 0) is 50.0 Å². The minimum Gasteiger partial charge on any atom is -0.326 e. The second-order valence-electron chi connectivity index (χ2n) is 4.84. The molecule has 2 N–H and O–H groups in total. The Kier molecular flexibility index (Phi) is 11.8. The van der Waals surface area contributed by atoms with E-state index in [4.69, 9.17) is 0 Å². The fourth-order valence-electron chi connectivity index (χ4n) is 1.68. The summed E-state index contributed by atoms with van der Waals surface area (Å²) in [4.78, 5) is 10.7. The standard InChI is InChI=1S/C10H13NO.C7H17N/c1-3-9-5-4-6-10(7-9)11-8(2)12;1-3-5-7-8-6-4-2/h4-7H,3H2,1-2H3,(H,11,12);8H,3-7H2,1-2H3. The minimum absolute atomic E-state index is 0.0248. The van der Waals surface area contributed by atoms with Gasteiger partial charge in [0, 0.05) is 12.6 Å². The molecule has 0 atom stereocenters. The summed E-state index contributed by atoms with van der Waals surface area (Å²) < 4.78 is 0. The predicted molar refractivity (Wildman–Crippen MR) is 88.2 cm³/mol. The third-order valence-electron chi connectivity index (χ3n) is 2.79. The third-order valence-corrected chi connectivity index (χ3v) is 2.79. The maximum absolute atomic E-state index is 10.7. The quantitative estimate of drug-likeness (QED) is 0.740. The average molecular weight is 278 g/mol. The number of aryl methyl sites for hydroxylation is 1. The normalized spacial score (nSPS) is 9.60. The van der Waals surface area contributed by atoms with Crippen LogP contribution in [-0.2, 0) is 11.2 Å². The Labute approximate surface area is 124 Å². The number of unbranched alkanes of at least 4 members (excludes halogenated alkanes) is 1. The first-order chi connectivity index (χ1) is 9.63. The molecule has 1 rings (SSSR count). The van der Waals surface area contributed by atoms with Crippen LogP contribution in [0, 0.1) is 0 Å². The van der Waals surface area contributed by atoms with Crippen molar-refractivity contribution >= 4 is 11.6 Å². The van der Waals surface area contributed by atoms with Gasteiger partial charge in [0.25, 0.3) is 0 Å². The third kappa shape index (κ3) is 10.6. The fourth-order valence-corrected chi connectivity index (χ4v) is 1.68. The van der Waals surface area contributed by atoms with E-state index in [1.54, 1.807) is 0 Å². The number of nitrogens with one attached hydrogen (secondary N) is 2. The highest BCUT2D eigenvalue weighted by Gasteiger charge is 1.95. The van der Waals surface area contributed by atoms with Crippen molar-refractivity contribution in [1.82, 2.24) is 5.32 Å². The second-order valence-corrected chi connectivity index (χ2v) is 4.84. The van der Waals surface area contributed by atoms with Gasteiger partial charge in [-0.25, -0.2) is 0 Å². The van der Waals surface area contributed by atoms with E-state index in [-0.39, 0.29) is 5.91 Å². The predicted octanol–water partition coefficient (Wildman–Crippen LogP) is 3.99. The van der Waals surface area contributed by atoms with E-state index in [9.17, 15) is 4.79 Å². The topological polar surface area (TPSA) is 41.1 Å². The van der Waals surface area contributed by atoms with Gasteiger partial charge in [0.05, 0.1) is 0 Å².